The van der Waals surface area contributed by atoms with Gasteiger partial charge in [-0.05, 0) is 11.6 Å². The molecule has 1 aromatic carbocycles. The number of hydrogen-bond donors (Lipinski definition) is 1. The number of thiazole rings is 1. The highest BCUT2D eigenvalue weighted by Crippen LogP contribution is 2.23. The standard InChI is InChI=1S/C12H12FNOS/c13-11-4-2-1-3-10(11)9(8-15)7-12-14-5-6-16-12/h1-6,9,15H,7-8H2. The molecular weight excluding hydrogens is 225 g/mol. The molecule has 0 aliphatic rings. The first kappa shape index (κ1) is 11.2. The van der Waals surface area contributed by atoms with Gasteiger partial charge < -0.3 is 5.11 Å². The van der Waals surface area contributed by atoms with Crippen molar-refractivity contribution in [2.24, 2.45) is 0 Å². The van der Waals surface area contributed by atoms with Crippen molar-refractivity contribution < 1.29 is 9.50 Å². The lowest BCUT2D eigenvalue weighted by atomic mass is 9.96. The molecule has 0 amide bonds. The first-order chi connectivity index (χ1) is 7.81. The summed E-state index contributed by atoms with van der Waals surface area (Å²) in [5, 5.41) is 12.1. The molecule has 1 aromatic heterocycles. The summed E-state index contributed by atoms with van der Waals surface area (Å²) in [6.07, 6.45) is 2.30. The molecule has 1 unspecified atom stereocenters. The lowest BCUT2D eigenvalue weighted by Gasteiger charge is -2.13. The monoisotopic (exact) mass is 237 g/mol. The van der Waals surface area contributed by atoms with Crippen molar-refractivity contribution in [1.82, 2.24) is 4.98 Å². The summed E-state index contributed by atoms with van der Waals surface area (Å²) in [5.41, 5.74) is 0.556. The molecule has 0 radical (unpaired) electrons. The summed E-state index contributed by atoms with van der Waals surface area (Å²) in [6, 6.07) is 6.56. The van der Waals surface area contributed by atoms with Crippen molar-refractivity contribution in [1.29, 1.82) is 0 Å². The van der Waals surface area contributed by atoms with Crippen LogP contribution in [0.15, 0.2) is 35.8 Å². The Morgan fingerprint density at radius 3 is 2.81 bits per heavy atom. The predicted octanol–water partition coefficient (Wildman–Crippen LogP) is 2.60. The number of nitrogens with zero attached hydrogens (tertiary/aromatic N) is 1. The Hall–Kier alpha value is -1.26. The molecule has 0 saturated carbocycles. The lowest BCUT2D eigenvalue weighted by Crippen LogP contribution is -2.09. The van der Waals surface area contributed by atoms with Crippen LogP contribution >= 0.6 is 11.3 Å². The van der Waals surface area contributed by atoms with E-state index in [9.17, 15) is 9.50 Å². The van der Waals surface area contributed by atoms with E-state index < -0.39 is 0 Å². The quantitative estimate of drug-likeness (QED) is 0.886. The Labute approximate surface area is 97.4 Å². The molecule has 0 aliphatic heterocycles. The Kier molecular flexibility index (Phi) is 3.64. The summed E-state index contributed by atoms with van der Waals surface area (Å²) in [5.74, 6) is -0.481. The second-order valence-electron chi connectivity index (χ2n) is 3.53. The summed E-state index contributed by atoms with van der Waals surface area (Å²) in [7, 11) is 0. The molecule has 4 heteroatoms. The highest BCUT2D eigenvalue weighted by atomic mass is 32.1. The fraction of sp³-hybridized carbons (Fsp3) is 0.250. The largest absolute Gasteiger partial charge is 0.396 e. The van der Waals surface area contributed by atoms with Crippen molar-refractivity contribution in [3.8, 4) is 0 Å². The number of aromatic nitrogens is 1. The minimum Gasteiger partial charge on any atom is -0.396 e. The third-order valence-corrected chi connectivity index (χ3v) is 3.27. The summed E-state index contributed by atoms with van der Waals surface area (Å²) in [4.78, 5) is 4.14. The third kappa shape index (κ3) is 2.46. The van der Waals surface area contributed by atoms with Crippen LogP contribution in [0.4, 0.5) is 4.39 Å². The van der Waals surface area contributed by atoms with Gasteiger partial charge in [-0.15, -0.1) is 11.3 Å². The molecule has 2 nitrogen and oxygen atoms in total. The maximum atomic E-state index is 13.5. The van der Waals surface area contributed by atoms with Crippen LogP contribution < -0.4 is 0 Å². The summed E-state index contributed by atoms with van der Waals surface area (Å²) in [6.45, 7) is -0.0689. The van der Waals surface area contributed by atoms with E-state index >= 15 is 0 Å². The summed E-state index contributed by atoms with van der Waals surface area (Å²) >= 11 is 1.52. The second kappa shape index (κ2) is 5.18. The molecule has 1 atom stereocenters. The van der Waals surface area contributed by atoms with Gasteiger partial charge in [0.25, 0.3) is 0 Å². The molecule has 0 bridgehead atoms. The van der Waals surface area contributed by atoms with E-state index in [4.69, 9.17) is 0 Å². The van der Waals surface area contributed by atoms with Crippen LogP contribution in [0.5, 0.6) is 0 Å². The SMILES string of the molecule is OCC(Cc1nccs1)c1ccccc1F. The van der Waals surface area contributed by atoms with Gasteiger partial charge in [0.1, 0.15) is 5.82 Å². The topological polar surface area (TPSA) is 33.1 Å². The molecule has 0 saturated heterocycles. The molecular formula is C12H12FNOS. The van der Waals surface area contributed by atoms with Gasteiger partial charge in [0.2, 0.25) is 0 Å². The average molecular weight is 237 g/mol. The number of halogens is 1. The maximum absolute atomic E-state index is 13.5. The average Bonchev–Trinajstić information content (AvgIpc) is 2.80. The van der Waals surface area contributed by atoms with Gasteiger partial charge in [0.15, 0.2) is 0 Å². The van der Waals surface area contributed by atoms with Crippen LogP contribution in [0.25, 0.3) is 0 Å². The zero-order chi connectivity index (χ0) is 11.4. The Bertz CT molecular complexity index is 444. The van der Waals surface area contributed by atoms with Gasteiger partial charge >= 0.3 is 0 Å². The van der Waals surface area contributed by atoms with Crippen LogP contribution in [0.1, 0.15) is 16.5 Å². The summed E-state index contributed by atoms with van der Waals surface area (Å²) < 4.78 is 13.5. The van der Waals surface area contributed by atoms with Gasteiger partial charge in [0.05, 0.1) is 11.6 Å². The molecule has 0 aliphatic carbocycles. The minimum absolute atomic E-state index is 0.0689. The maximum Gasteiger partial charge on any atom is 0.126 e. The highest BCUT2D eigenvalue weighted by Gasteiger charge is 2.16. The van der Waals surface area contributed by atoms with Crippen LogP contribution in [-0.4, -0.2) is 16.7 Å². The number of aliphatic hydroxyl groups excluding tert-OH is 1. The molecule has 0 spiro atoms. The fourth-order valence-electron chi connectivity index (χ4n) is 1.64. The van der Waals surface area contributed by atoms with Gasteiger partial charge in [-0.2, -0.15) is 0 Å². The van der Waals surface area contributed by atoms with Crippen molar-refractivity contribution in [2.75, 3.05) is 6.61 Å². The first-order valence-corrected chi connectivity index (χ1v) is 5.93. The van der Waals surface area contributed by atoms with Crippen LogP contribution in [0.3, 0.4) is 0 Å². The molecule has 1 N–H and O–H groups in total. The lowest BCUT2D eigenvalue weighted by molar-refractivity contribution is 0.261. The smallest absolute Gasteiger partial charge is 0.126 e. The number of benzene rings is 1. The first-order valence-electron chi connectivity index (χ1n) is 5.05. The highest BCUT2D eigenvalue weighted by molar-refractivity contribution is 7.09. The van der Waals surface area contributed by atoms with Gasteiger partial charge in [-0.25, -0.2) is 9.37 Å². The van der Waals surface area contributed by atoms with E-state index in [0.29, 0.717) is 12.0 Å². The van der Waals surface area contributed by atoms with Gasteiger partial charge in [-0.3, -0.25) is 0 Å². The normalized spacial score (nSPS) is 12.6. The van der Waals surface area contributed by atoms with Crippen LogP contribution in [-0.2, 0) is 6.42 Å². The third-order valence-electron chi connectivity index (χ3n) is 2.47. The molecule has 0 fully saturated rings. The minimum atomic E-state index is -0.266. The number of aliphatic hydroxyl groups is 1. The Balaban J connectivity index is 2.20. The number of hydrogen-bond acceptors (Lipinski definition) is 3. The molecule has 84 valence electrons. The molecule has 1 heterocycles. The number of rotatable bonds is 4. The van der Waals surface area contributed by atoms with E-state index in [1.807, 2.05) is 5.38 Å². The zero-order valence-corrected chi connectivity index (χ0v) is 9.45. The molecule has 2 aromatic rings. The van der Waals surface area contributed by atoms with Crippen molar-refractivity contribution >= 4 is 11.3 Å². The van der Waals surface area contributed by atoms with E-state index in [0.717, 1.165) is 5.01 Å². The predicted molar refractivity (Wildman–Crippen MR) is 62.0 cm³/mol. The second-order valence-corrected chi connectivity index (χ2v) is 4.51. The van der Waals surface area contributed by atoms with E-state index in [1.165, 1.54) is 17.4 Å². The van der Waals surface area contributed by atoms with Crippen LogP contribution in [0.2, 0.25) is 0 Å². The van der Waals surface area contributed by atoms with Gasteiger partial charge in [-0.1, -0.05) is 18.2 Å². The Morgan fingerprint density at radius 2 is 2.19 bits per heavy atom. The fourth-order valence-corrected chi connectivity index (χ4v) is 2.34. The van der Waals surface area contributed by atoms with Crippen molar-refractivity contribution in [3.63, 3.8) is 0 Å². The van der Waals surface area contributed by atoms with E-state index in [2.05, 4.69) is 4.98 Å². The zero-order valence-electron chi connectivity index (χ0n) is 8.64. The van der Waals surface area contributed by atoms with E-state index in [1.54, 1.807) is 24.4 Å². The van der Waals surface area contributed by atoms with E-state index in [-0.39, 0.29) is 18.3 Å². The van der Waals surface area contributed by atoms with Crippen molar-refractivity contribution in [3.05, 3.63) is 52.2 Å². The van der Waals surface area contributed by atoms with Gasteiger partial charge in [0, 0.05) is 23.9 Å². The molecule has 16 heavy (non-hydrogen) atoms. The van der Waals surface area contributed by atoms with Crippen molar-refractivity contribution in [2.45, 2.75) is 12.3 Å². The molecule has 2 rings (SSSR count). The Morgan fingerprint density at radius 1 is 1.38 bits per heavy atom. The van der Waals surface area contributed by atoms with Crippen LogP contribution in [0, 0.1) is 5.82 Å².